The van der Waals surface area contributed by atoms with Crippen molar-refractivity contribution < 1.29 is 29.0 Å². The van der Waals surface area contributed by atoms with Gasteiger partial charge in [-0.1, -0.05) is 23.7 Å². The van der Waals surface area contributed by atoms with Gasteiger partial charge in [0, 0.05) is 25.6 Å². The van der Waals surface area contributed by atoms with Crippen LogP contribution in [0.5, 0.6) is 11.5 Å². The molecule has 1 amide bonds. The fraction of sp³-hybridized carbons (Fsp3) is 0.292. The first-order valence-corrected chi connectivity index (χ1v) is 10.6. The van der Waals surface area contributed by atoms with Crippen LogP contribution in [-0.4, -0.2) is 66.9 Å². The number of likely N-dealkylation sites (tertiary alicyclic amines) is 1. The fourth-order valence-corrected chi connectivity index (χ4v) is 3.81. The van der Waals surface area contributed by atoms with Crippen molar-refractivity contribution in [2.45, 2.75) is 13.0 Å². The average Bonchev–Trinajstić information content (AvgIpc) is 3.02. The van der Waals surface area contributed by atoms with Gasteiger partial charge in [0.05, 0.1) is 23.7 Å². The molecule has 1 N–H and O–H groups in total. The number of hydrogen-bond acceptors (Lipinski definition) is 7. The third kappa shape index (κ3) is 5.18. The Labute approximate surface area is 197 Å². The molecule has 1 aliphatic rings. The van der Waals surface area contributed by atoms with E-state index in [1.54, 1.807) is 36.4 Å². The summed E-state index contributed by atoms with van der Waals surface area (Å²) in [5.74, 6) is -1.62. The van der Waals surface area contributed by atoms with Crippen molar-refractivity contribution in [3.63, 3.8) is 0 Å². The molecular weight excluding hydrogens is 448 g/mol. The van der Waals surface area contributed by atoms with Gasteiger partial charge in [0.1, 0.15) is 17.3 Å². The zero-order valence-corrected chi connectivity index (χ0v) is 19.5. The summed E-state index contributed by atoms with van der Waals surface area (Å²) in [6.07, 6.45) is 0. The Bertz CT molecular complexity index is 1110. The van der Waals surface area contributed by atoms with E-state index in [4.69, 9.17) is 21.1 Å². The number of carbonyl (C=O) groups is 3. The van der Waals surface area contributed by atoms with E-state index in [0.717, 1.165) is 0 Å². The first-order valence-electron chi connectivity index (χ1n) is 10.2. The summed E-state index contributed by atoms with van der Waals surface area (Å²) in [5.41, 5.74) is 0.682. The maximum atomic E-state index is 13.1. The summed E-state index contributed by atoms with van der Waals surface area (Å²) in [6, 6.07) is 10.3. The number of nitrogens with zero attached hydrogens (tertiary/aromatic N) is 2. The molecule has 1 aliphatic heterocycles. The third-order valence-electron chi connectivity index (χ3n) is 5.21. The summed E-state index contributed by atoms with van der Waals surface area (Å²) in [5, 5.41) is 11.4. The predicted molar refractivity (Wildman–Crippen MR) is 123 cm³/mol. The number of benzene rings is 2. The van der Waals surface area contributed by atoms with Crippen molar-refractivity contribution in [2.75, 3.05) is 34.3 Å². The van der Waals surface area contributed by atoms with Crippen LogP contribution in [0.4, 0.5) is 0 Å². The van der Waals surface area contributed by atoms with Gasteiger partial charge in [-0.05, 0) is 50.0 Å². The molecule has 33 heavy (non-hydrogen) atoms. The Morgan fingerprint density at radius 2 is 1.76 bits per heavy atom. The van der Waals surface area contributed by atoms with Gasteiger partial charge in [-0.3, -0.25) is 14.4 Å². The Balaban J connectivity index is 2.15. The summed E-state index contributed by atoms with van der Waals surface area (Å²) < 4.78 is 10.3. The predicted octanol–water partition coefficient (Wildman–Crippen LogP) is 3.26. The number of halogens is 1. The molecule has 1 unspecified atom stereocenters. The van der Waals surface area contributed by atoms with Crippen molar-refractivity contribution in [3.8, 4) is 11.5 Å². The highest BCUT2D eigenvalue weighted by Gasteiger charge is 2.46. The van der Waals surface area contributed by atoms with Gasteiger partial charge in [0.15, 0.2) is 0 Å². The lowest BCUT2D eigenvalue weighted by Crippen LogP contribution is -2.35. The minimum absolute atomic E-state index is 0.0749. The Morgan fingerprint density at radius 3 is 2.33 bits per heavy atom. The molecule has 0 aliphatic carbocycles. The van der Waals surface area contributed by atoms with Crippen molar-refractivity contribution in [1.82, 2.24) is 9.80 Å². The second-order valence-corrected chi connectivity index (χ2v) is 8.21. The quantitative estimate of drug-likeness (QED) is 0.217. The van der Waals surface area contributed by atoms with Crippen LogP contribution in [0.3, 0.4) is 0 Å². The molecular formula is C24H25ClN2O6. The molecule has 0 saturated carbocycles. The third-order valence-corrected chi connectivity index (χ3v) is 5.54. The average molecular weight is 473 g/mol. The molecule has 3 rings (SSSR count). The van der Waals surface area contributed by atoms with Gasteiger partial charge in [0.25, 0.3) is 11.7 Å². The van der Waals surface area contributed by atoms with Crippen LogP contribution < -0.4 is 9.47 Å². The van der Waals surface area contributed by atoms with Gasteiger partial charge >= 0.3 is 5.97 Å². The number of aliphatic hydroxyl groups is 1. The van der Waals surface area contributed by atoms with E-state index in [9.17, 15) is 19.5 Å². The molecule has 8 nitrogen and oxygen atoms in total. The molecule has 9 heteroatoms. The number of rotatable bonds is 7. The maximum absolute atomic E-state index is 13.1. The number of esters is 1. The summed E-state index contributed by atoms with van der Waals surface area (Å²) in [6.45, 7) is 2.06. The van der Waals surface area contributed by atoms with Gasteiger partial charge in [0.2, 0.25) is 0 Å². The Hall–Kier alpha value is -3.36. The number of aliphatic hydroxyl groups excluding tert-OH is 1. The SMILES string of the molecule is COc1ccc(Cl)c(/C(O)=C2\C(=O)C(=O)N(CCN(C)C)C2c2ccc(OC(C)=O)cc2)c1. The number of Topliss-reactive ketones (excluding diaryl/α,β-unsaturated/α-hetero) is 1. The second kappa shape index (κ2) is 10.1. The molecule has 0 radical (unpaired) electrons. The van der Waals surface area contributed by atoms with E-state index in [2.05, 4.69) is 0 Å². The lowest BCUT2D eigenvalue weighted by atomic mass is 9.95. The first-order chi connectivity index (χ1) is 15.6. The lowest BCUT2D eigenvalue weighted by molar-refractivity contribution is -0.140. The molecule has 0 bridgehead atoms. The standard InChI is InChI=1S/C24H25ClN2O6/c1-14(28)33-16-7-5-15(6-8-16)21-20(23(30)24(31)27(21)12-11-26(2)3)22(29)18-13-17(32-4)9-10-19(18)25/h5-10,13,21,29H,11-12H2,1-4H3/b22-20+. The number of hydrogen-bond donors (Lipinski definition) is 1. The first kappa shape index (κ1) is 24.3. The van der Waals surface area contributed by atoms with E-state index in [-0.39, 0.29) is 22.7 Å². The molecule has 0 spiro atoms. The molecule has 1 fully saturated rings. The molecule has 2 aromatic carbocycles. The van der Waals surface area contributed by atoms with Crippen LogP contribution in [-0.2, 0) is 14.4 Å². The van der Waals surface area contributed by atoms with Crippen molar-refractivity contribution in [1.29, 1.82) is 0 Å². The number of carbonyl (C=O) groups excluding carboxylic acids is 3. The number of methoxy groups -OCH3 is 1. The van der Waals surface area contributed by atoms with Crippen LogP contribution in [0.25, 0.3) is 5.76 Å². The highest BCUT2D eigenvalue weighted by molar-refractivity contribution is 6.47. The molecule has 1 atom stereocenters. The van der Waals surface area contributed by atoms with Crippen LogP contribution in [0.1, 0.15) is 24.1 Å². The largest absolute Gasteiger partial charge is 0.507 e. The second-order valence-electron chi connectivity index (χ2n) is 7.80. The van der Waals surface area contributed by atoms with Gasteiger partial charge in [-0.2, -0.15) is 0 Å². The van der Waals surface area contributed by atoms with Crippen molar-refractivity contribution in [2.24, 2.45) is 0 Å². The number of amides is 1. The molecule has 2 aromatic rings. The smallest absolute Gasteiger partial charge is 0.308 e. The van der Waals surface area contributed by atoms with Crippen LogP contribution in [0.2, 0.25) is 5.02 Å². The van der Waals surface area contributed by atoms with Gasteiger partial charge < -0.3 is 24.4 Å². The van der Waals surface area contributed by atoms with Crippen molar-refractivity contribution in [3.05, 3.63) is 64.2 Å². The fourth-order valence-electron chi connectivity index (χ4n) is 3.61. The normalized spacial score (nSPS) is 17.5. The Kier molecular flexibility index (Phi) is 7.40. The lowest BCUT2D eigenvalue weighted by Gasteiger charge is -2.26. The van der Waals surface area contributed by atoms with Crippen LogP contribution in [0, 0.1) is 0 Å². The Morgan fingerprint density at radius 1 is 1.12 bits per heavy atom. The zero-order valence-electron chi connectivity index (χ0n) is 18.8. The summed E-state index contributed by atoms with van der Waals surface area (Å²) >= 11 is 6.30. The highest BCUT2D eigenvalue weighted by atomic mass is 35.5. The number of ketones is 1. The van der Waals surface area contributed by atoms with Gasteiger partial charge in [-0.25, -0.2) is 0 Å². The molecule has 0 aromatic heterocycles. The van der Waals surface area contributed by atoms with Crippen LogP contribution in [0.15, 0.2) is 48.0 Å². The zero-order chi connectivity index (χ0) is 24.3. The number of ether oxygens (including phenoxy) is 2. The van der Waals surface area contributed by atoms with Crippen LogP contribution >= 0.6 is 11.6 Å². The minimum Gasteiger partial charge on any atom is -0.507 e. The molecule has 174 valence electrons. The highest BCUT2D eigenvalue weighted by Crippen LogP contribution is 2.41. The van der Waals surface area contributed by atoms with E-state index in [0.29, 0.717) is 23.6 Å². The molecule has 1 saturated heterocycles. The molecule has 1 heterocycles. The minimum atomic E-state index is -0.849. The maximum Gasteiger partial charge on any atom is 0.308 e. The van der Waals surface area contributed by atoms with Gasteiger partial charge in [-0.15, -0.1) is 0 Å². The van der Waals surface area contributed by atoms with E-state index in [1.165, 1.54) is 25.0 Å². The van der Waals surface area contributed by atoms with Crippen molar-refractivity contribution >= 4 is 35.0 Å². The monoisotopic (exact) mass is 472 g/mol. The topological polar surface area (TPSA) is 96.4 Å². The van der Waals surface area contributed by atoms with E-state index < -0.39 is 29.5 Å². The summed E-state index contributed by atoms with van der Waals surface area (Å²) in [7, 11) is 5.18. The number of likely N-dealkylation sites (N-methyl/N-ethyl adjacent to an activating group) is 1. The van der Waals surface area contributed by atoms with E-state index >= 15 is 0 Å². The van der Waals surface area contributed by atoms with E-state index in [1.807, 2.05) is 19.0 Å². The summed E-state index contributed by atoms with van der Waals surface area (Å²) in [4.78, 5) is 40.6.